The van der Waals surface area contributed by atoms with Crippen LogP contribution in [0.2, 0.25) is 0 Å². The molecule has 3 aromatic rings. The van der Waals surface area contributed by atoms with Gasteiger partial charge in [-0.1, -0.05) is 23.4 Å². The molecule has 0 radical (unpaired) electrons. The zero-order chi connectivity index (χ0) is 19.4. The standard InChI is InChI=1S/C20H21N5O3/c1-25(16-5-3-2-4-6-16)17-8-7-15(13-21-17)18(26)23-20(9-11-27-12-10-20)19-22-14-28-24-19/h2-8,13-14H,9-12H2,1H3,(H,23,26). The maximum atomic E-state index is 12.9. The van der Waals surface area contributed by atoms with Crippen LogP contribution in [0.1, 0.15) is 29.0 Å². The maximum absolute atomic E-state index is 12.9. The molecule has 0 atom stereocenters. The number of nitrogens with one attached hydrogen (secondary N) is 1. The molecule has 1 amide bonds. The van der Waals surface area contributed by atoms with E-state index in [-0.39, 0.29) is 5.91 Å². The summed E-state index contributed by atoms with van der Waals surface area (Å²) in [5, 5.41) is 7.02. The van der Waals surface area contributed by atoms with Crippen molar-refractivity contribution in [3.8, 4) is 0 Å². The Labute approximate surface area is 162 Å². The van der Waals surface area contributed by atoms with Crippen LogP contribution in [0.4, 0.5) is 11.5 Å². The number of pyridine rings is 1. The van der Waals surface area contributed by atoms with Crippen LogP contribution in [-0.4, -0.2) is 41.3 Å². The van der Waals surface area contributed by atoms with Gasteiger partial charge in [-0.25, -0.2) is 4.98 Å². The molecule has 0 bridgehead atoms. The Balaban J connectivity index is 1.52. The highest BCUT2D eigenvalue weighted by Crippen LogP contribution is 2.30. The first-order chi connectivity index (χ1) is 13.7. The topological polar surface area (TPSA) is 93.4 Å². The van der Waals surface area contributed by atoms with Crippen LogP contribution in [0.15, 0.2) is 59.6 Å². The number of ether oxygens (including phenoxy) is 1. The number of rotatable bonds is 5. The van der Waals surface area contributed by atoms with E-state index in [4.69, 9.17) is 9.26 Å². The Bertz CT molecular complexity index is 907. The molecule has 0 aliphatic carbocycles. The summed E-state index contributed by atoms with van der Waals surface area (Å²) in [4.78, 5) is 23.4. The molecule has 0 unspecified atom stereocenters. The lowest BCUT2D eigenvalue weighted by atomic mass is 9.88. The zero-order valence-corrected chi connectivity index (χ0v) is 15.5. The molecule has 8 heteroatoms. The number of amides is 1. The lowest BCUT2D eigenvalue weighted by Gasteiger charge is -2.35. The summed E-state index contributed by atoms with van der Waals surface area (Å²) < 4.78 is 10.3. The van der Waals surface area contributed by atoms with Gasteiger partial charge in [0.05, 0.1) is 5.56 Å². The fourth-order valence-corrected chi connectivity index (χ4v) is 3.30. The number of carbonyl (C=O) groups excluding carboxylic acids is 1. The molecule has 1 aliphatic rings. The predicted molar refractivity (Wildman–Crippen MR) is 102 cm³/mol. The van der Waals surface area contributed by atoms with Gasteiger partial charge in [0, 0.05) is 45.0 Å². The fraction of sp³-hybridized carbons (Fsp3) is 0.300. The summed E-state index contributed by atoms with van der Waals surface area (Å²) in [6, 6.07) is 13.5. The molecular formula is C20H21N5O3. The summed E-state index contributed by atoms with van der Waals surface area (Å²) in [6.45, 7) is 1.04. The van der Waals surface area contributed by atoms with Crippen LogP contribution >= 0.6 is 0 Å². The van der Waals surface area contributed by atoms with Crippen molar-refractivity contribution in [1.29, 1.82) is 0 Å². The number of carbonyl (C=O) groups is 1. The van der Waals surface area contributed by atoms with Gasteiger partial charge in [-0.05, 0) is 24.3 Å². The fourth-order valence-electron chi connectivity index (χ4n) is 3.30. The van der Waals surface area contributed by atoms with Crippen LogP contribution < -0.4 is 10.2 Å². The largest absolute Gasteiger partial charge is 0.381 e. The third kappa shape index (κ3) is 3.59. The third-order valence-corrected chi connectivity index (χ3v) is 4.99. The molecule has 1 aromatic carbocycles. The molecule has 28 heavy (non-hydrogen) atoms. The number of benzene rings is 1. The summed E-state index contributed by atoms with van der Waals surface area (Å²) in [7, 11) is 1.94. The zero-order valence-electron chi connectivity index (χ0n) is 15.5. The van der Waals surface area contributed by atoms with E-state index in [0.717, 1.165) is 11.5 Å². The summed E-state index contributed by atoms with van der Waals surface area (Å²) in [5.74, 6) is 0.993. The van der Waals surface area contributed by atoms with Crippen molar-refractivity contribution in [2.24, 2.45) is 0 Å². The normalized spacial score (nSPS) is 15.8. The van der Waals surface area contributed by atoms with E-state index in [1.165, 1.54) is 6.39 Å². The molecule has 1 N–H and O–H groups in total. The monoisotopic (exact) mass is 379 g/mol. The average Bonchev–Trinajstić information content (AvgIpc) is 3.30. The van der Waals surface area contributed by atoms with Gasteiger partial charge >= 0.3 is 0 Å². The number of nitrogens with zero attached hydrogens (tertiary/aromatic N) is 4. The van der Waals surface area contributed by atoms with Crippen molar-refractivity contribution < 1.29 is 14.1 Å². The SMILES string of the molecule is CN(c1ccccc1)c1ccc(C(=O)NC2(c3ncon3)CCOCC2)cn1. The summed E-state index contributed by atoms with van der Waals surface area (Å²) in [5.41, 5.74) is 0.798. The van der Waals surface area contributed by atoms with E-state index in [2.05, 4.69) is 20.4 Å². The number of para-hydroxylation sites is 1. The van der Waals surface area contributed by atoms with Gasteiger partial charge in [-0.3, -0.25) is 4.79 Å². The van der Waals surface area contributed by atoms with E-state index in [9.17, 15) is 4.79 Å². The van der Waals surface area contributed by atoms with Crippen molar-refractivity contribution in [1.82, 2.24) is 20.4 Å². The van der Waals surface area contributed by atoms with E-state index in [0.29, 0.717) is 37.4 Å². The molecule has 8 nitrogen and oxygen atoms in total. The Morgan fingerprint density at radius 1 is 1.11 bits per heavy atom. The van der Waals surface area contributed by atoms with Crippen molar-refractivity contribution in [3.63, 3.8) is 0 Å². The van der Waals surface area contributed by atoms with Crippen LogP contribution in [0.3, 0.4) is 0 Å². The molecule has 144 valence electrons. The van der Waals surface area contributed by atoms with Crippen LogP contribution in [0.25, 0.3) is 0 Å². The summed E-state index contributed by atoms with van der Waals surface area (Å²) in [6.07, 6.45) is 4.02. The lowest BCUT2D eigenvalue weighted by Crippen LogP contribution is -2.50. The van der Waals surface area contributed by atoms with Gasteiger partial charge < -0.3 is 19.5 Å². The summed E-state index contributed by atoms with van der Waals surface area (Å²) >= 11 is 0. The Morgan fingerprint density at radius 2 is 1.89 bits per heavy atom. The van der Waals surface area contributed by atoms with Gasteiger partial charge in [0.15, 0.2) is 5.82 Å². The van der Waals surface area contributed by atoms with Crippen molar-refractivity contribution in [2.75, 3.05) is 25.2 Å². The van der Waals surface area contributed by atoms with E-state index >= 15 is 0 Å². The third-order valence-electron chi connectivity index (χ3n) is 4.99. The van der Waals surface area contributed by atoms with Crippen LogP contribution in [-0.2, 0) is 10.3 Å². The predicted octanol–water partition coefficient (Wildman–Crippen LogP) is 2.67. The van der Waals surface area contributed by atoms with Gasteiger partial charge in [0.2, 0.25) is 6.39 Å². The van der Waals surface area contributed by atoms with E-state index < -0.39 is 5.54 Å². The first-order valence-electron chi connectivity index (χ1n) is 9.10. The minimum atomic E-state index is -0.693. The maximum Gasteiger partial charge on any atom is 0.253 e. The molecule has 3 heterocycles. The number of aromatic nitrogens is 3. The molecule has 0 saturated carbocycles. The molecule has 1 saturated heterocycles. The van der Waals surface area contributed by atoms with Crippen LogP contribution in [0.5, 0.6) is 0 Å². The smallest absolute Gasteiger partial charge is 0.253 e. The Kier molecular flexibility index (Phi) is 5.03. The molecule has 1 fully saturated rings. The highest BCUT2D eigenvalue weighted by Gasteiger charge is 2.40. The van der Waals surface area contributed by atoms with E-state index in [1.54, 1.807) is 12.3 Å². The van der Waals surface area contributed by atoms with Crippen molar-refractivity contribution in [2.45, 2.75) is 18.4 Å². The number of hydrogen-bond donors (Lipinski definition) is 1. The van der Waals surface area contributed by atoms with Crippen molar-refractivity contribution in [3.05, 3.63) is 66.4 Å². The Morgan fingerprint density at radius 3 is 2.54 bits per heavy atom. The molecule has 1 aliphatic heterocycles. The van der Waals surface area contributed by atoms with Gasteiger partial charge in [0.1, 0.15) is 11.4 Å². The quantitative estimate of drug-likeness (QED) is 0.728. The number of anilines is 2. The highest BCUT2D eigenvalue weighted by molar-refractivity contribution is 5.94. The van der Waals surface area contributed by atoms with Gasteiger partial charge in [-0.2, -0.15) is 4.98 Å². The van der Waals surface area contributed by atoms with Crippen molar-refractivity contribution >= 4 is 17.4 Å². The Hall–Kier alpha value is -3.26. The second-order valence-electron chi connectivity index (χ2n) is 6.70. The molecule has 0 spiro atoms. The minimum Gasteiger partial charge on any atom is -0.381 e. The minimum absolute atomic E-state index is 0.229. The molecular weight excluding hydrogens is 358 g/mol. The number of hydrogen-bond acceptors (Lipinski definition) is 7. The van der Waals surface area contributed by atoms with Gasteiger partial charge in [-0.15, -0.1) is 0 Å². The second kappa shape index (κ2) is 7.77. The average molecular weight is 379 g/mol. The first-order valence-corrected chi connectivity index (χ1v) is 9.10. The second-order valence-corrected chi connectivity index (χ2v) is 6.70. The van der Waals surface area contributed by atoms with Gasteiger partial charge in [0.25, 0.3) is 5.91 Å². The molecule has 2 aromatic heterocycles. The lowest BCUT2D eigenvalue weighted by molar-refractivity contribution is 0.0306. The van der Waals surface area contributed by atoms with Crippen LogP contribution in [0, 0.1) is 0 Å². The van der Waals surface area contributed by atoms with E-state index in [1.807, 2.05) is 48.3 Å². The highest BCUT2D eigenvalue weighted by atomic mass is 16.5. The first kappa shape index (κ1) is 18.1. The molecule has 4 rings (SSSR count).